The third-order valence-electron chi connectivity index (χ3n) is 4.68. The number of carbonyl (C=O) groups is 3. The summed E-state index contributed by atoms with van der Waals surface area (Å²) in [5.74, 6) is -0.0772. The Hall–Kier alpha value is -1.04. The molecule has 1 fully saturated rings. The van der Waals surface area contributed by atoms with E-state index in [1.165, 1.54) is 4.90 Å². The summed E-state index contributed by atoms with van der Waals surface area (Å²) in [5, 5.41) is 2.94. The van der Waals surface area contributed by atoms with E-state index < -0.39 is 5.54 Å². The molecule has 214 valence electrons. The quantitative estimate of drug-likeness (QED) is 0.352. The molecule has 1 saturated heterocycles. The van der Waals surface area contributed by atoms with E-state index in [4.69, 9.17) is 0 Å². The molecule has 0 saturated carbocycles. The molecule has 6 heteroatoms. The summed E-state index contributed by atoms with van der Waals surface area (Å²) in [6, 6.07) is 0. The number of hydrogen-bond acceptors (Lipinski definition) is 4. The predicted molar refractivity (Wildman–Crippen MR) is 158 cm³/mol. The first-order valence-corrected chi connectivity index (χ1v) is 14.1. The lowest BCUT2D eigenvalue weighted by atomic mass is 9.80. The van der Waals surface area contributed by atoms with Crippen molar-refractivity contribution in [2.45, 2.75) is 158 Å². The number of nitrogens with one attached hydrogen (secondary N) is 1. The van der Waals surface area contributed by atoms with Crippen LogP contribution in [0.5, 0.6) is 0 Å². The summed E-state index contributed by atoms with van der Waals surface area (Å²) in [6.45, 7) is 37.4. The zero-order valence-corrected chi connectivity index (χ0v) is 27.9. The van der Waals surface area contributed by atoms with Crippen molar-refractivity contribution in [3.8, 4) is 0 Å². The van der Waals surface area contributed by atoms with Crippen molar-refractivity contribution in [1.82, 2.24) is 10.2 Å². The van der Waals surface area contributed by atoms with Crippen LogP contribution in [0.25, 0.3) is 0 Å². The average molecular weight is 529 g/mol. The number of likely N-dealkylation sites (tertiary alicyclic amines) is 1. The lowest BCUT2D eigenvalue weighted by molar-refractivity contribution is -0.145. The largest absolute Gasteiger partial charge is 0.351 e. The average Bonchev–Trinajstić information content (AvgIpc) is 2.74. The molecular weight excluding hydrogens is 468 g/mol. The second kappa shape index (κ2) is 12.7. The zero-order valence-electron chi connectivity index (χ0n) is 27.1. The Morgan fingerprint density at radius 3 is 1.33 bits per heavy atom. The van der Waals surface area contributed by atoms with Gasteiger partial charge in [0.1, 0.15) is 0 Å². The first kappa shape index (κ1) is 37.1. The van der Waals surface area contributed by atoms with Crippen molar-refractivity contribution in [3.05, 3.63) is 0 Å². The van der Waals surface area contributed by atoms with Gasteiger partial charge in [-0.25, -0.2) is 0 Å². The van der Waals surface area contributed by atoms with Gasteiger partial charge in [0.05, 0.1) is 5.92 Å². The Labute approximate surface area is 228 Å². The molecule has 0 aromatic carbocycles. The fraction of sp³-hybridized carbons (Fsp3) is 0.900. The number of nitrogens with zero attached hydrogens (tertiary/aromatic N) is 1. The minimum absolute atomic E-state index is 0.0139. The Balaban J connectivity index is 0. The molecule has 0 aliphatic carbocycles. The molecule has 3 amide bonds. The summed E-state index contributed by atoms with van der Waals surface area (Å²) in [7, 11) is 0. The van der Waals surface area contributed by atoms with E-state index in [0.717, 1.165) is 0 Å². The molecule has 0 radical (unpaired) electrons. The van der Waals surface area contributed by atoms with E-state index in [0.29, 0.717) is 22.3 Å². The van der Waals surface area contributed by atoms with Crippen LogP contribution in [0.1, 0.15) is 137 Å². The minimum atomic E-state index is -0.395. The maximum atomic E-state index is 12.1. The van der Waals surface area contributed by atoms with Crippen LogP contribution in [-0.2, 0) is 14.4 Å². The molecule has 0 aromatic rings. The van der Waals surface area contributed by atoms with E-state index in [1.54, 1.807) is 0 Å². The van der Waals surface area contributed by atoms with Crippen molar-refractivity contribution >= 4 is 29.5 Å². The second-order valence-electron chi connectivity index (χ2n) is 16.2. The van der Waals surface area contributed by atoms with Gasteiger partial charge in [0.15, 0.2) is 0 Å². The molecule has 5 nitrogen and oxygen atoms in total. The zero-order chi connectivity index (χ0) is 29.7. The van der Waals surface area contributed by atoms with Crippen molar-refractivity contribution in [1.29, 1.82) is 0 Å². The molecule has 36 heavy (non-hydrogen) atoms. The Kier molecular flexibility index (Phi) is 13.1. The molecular formula is C30H60N2O3S. The van der Waals surface area contributed by atoms with Gasteiger partial charge in [-0.1, -0.05) is 83.1 Å². The molecule has 1 rings (SSSR count). The van der Waals surface area contributed by atoms with Crippen molar-refractivity contribution in [2.75, 3.05) is 0 Å². The summed E-state index contributed by atoms with van der Waals surface area (Å²) in [4.78, 5) is 36.7. The SMILES string of the molecule is CC(C)(C)C1CC(=O)N(C(C)(C)C)C1=O.CC(C)(C)CC(=O)NC(C)(C)C.CC(C)(C)SC(C)(C)C. The van der Waals surface area contributed by atoms with Gasteiger partial charge in [0.2, 0.25) is 17.7 Å². The van der Waals surface area contributed by atoms with Gasteiger partial charge in [-0.2, -0.15) is 11.8 Å². The number of imide groups is 1. The smallest absolute Gasteiger partial charge is 0.233 e. The molecule has 0 spiro atoms. The minimum Gasteiger partial charge on any atom is -0.351 e. The van der Waals surface area contributed by atoms with Crippen LogP contribution in [0.2, 0.25) is 0 Å². The third-order valence-corrected chi connectivity index (χ3v) is 5.91. The highest BCUT2D eigenvalue weighted by Crippen LogP contribution is 2.38. The Morgan fingerprint density at radius 2 is 1.17 bits per heavy atom. The van der Waals surface area contributed by atoms with E-state index in [9.17, 15) is 14.4 Å². The van der Waals surface area contributed by atoms with Crippen LogP contribution in [-0.4, -0.2) is 43.2 Å². The number of thioether (sulfide) groups is 1. The summed E-state index contributed by atoms with van der Waals surface area (Å²) in [6.07, 6.45) is 0.948. The Morgan fingerprint density at radius 1 is 0.778 bits per heavy atom. The summed E-state index contributed by atoms with van der Waals surface area (Å²) in [5.41, 5.74) is -0.557. The predicted octanol–water partition coefficient (Wildman–Crippen LogP) is 7.86. The van der Waals surface area contributed by atoms with Gasteiger partial charge in [0.25, 0.3) is 0 Å². The molecule has 1 N–H and O–H groups in total. The second-order valence-corrected chi connectivity index (χ2v) is 18.9. The van der Waals surface area contributed by atoms with E-state index in [-0.39, 0.29) is 40.0 Å². The van der Waals surface area contributed by atoms with Gasteiger partial charge >= 0.3 is 0 Å². The third kappa shape index (κ3) is 18.2. The fourth-order valence-corrected chi connectivity index (χ4v) is 5.71. The number of hydrogen-bond donors (Lipinski definition) is 1. The number of rotatable bonds is 1. The maximum absolute atomic E-state index is 12.1. The summed E-state index contributed by atoms with van der Waals surface area (Å²) < 4.78 is 0.802. The van der Waals surface area contributed by atoms with Crippen LogP contribution in [0.15, 0.2) is 0 Å². The highest BCUT2D eigenvalue weighted by Gasteiger charge is 2.48. The van der Waals surface area contributed by atoms with Crippen LogP contribution in [0.3, 0.4) is 0 Å². The van der Waals surface area contributed by atoms with Crippen LogP contribution in [0.4, 0.5) is 0 Å². The van der Waals surface area contributed by atoms with E-state index in [2.05, 4.69) is 67.6 Å². The van der Waals surface area contributed by atoms with E-state index in [1.807, 2.05) is 74.1 Å². The first-order valence-electron chi connectivity index (χ1n) is 13.2. The normalized spacial score (nSPS) is 17.7. The Bertz CT molecular complexity index is 701. The van der Waals surface area contributed by atoms with Crippen molar-refractivity contribution in [3.63, 3.8) is 0 Å². The van der Waals surface area contributed by atoms with Gasteiger partial charge in [-0.3, -0.25) is 19.3 Å². The van der Waals surface area contributed by atoms with Gasteiger partial charge in [-0.05, 0) is 52.4 Å². The van der Waals surface area contributed by atoms with Crippen molar-refractivity contribution < 1.29 is 14.4 Å². The van der Waals surface area contributed by atoms with Gasteiger partial charge in [-0.15, -0.1) is 0 Å². The van der Waals surface area contributed by atoms with Crippen LogP contribution < -0.4 is 5.32 Å². The lowest BCUT2D eigenvalue weighted by Gasteiger charge is -2.32. The molecule has 0 bridgehead atoms. The monoisotopic (exact) mass is 528 g/mol. The van der Waals surface area contributed by atoms with Crippen molar-refractivity contribution in [2.24, 2.45) is 16.7 Å². The van der Waals surface area contributed by atoms with Crippen LogP contribution in [0, 0.1) is 16.7 Å². The van der Waals surface area contributed by atoms with E-state index >= 15 is 0 Å². The fourth-order valence-electron chi connectivity index (χ4n) is 3.88. The summed E-state index contributed by atoms with van der Waals surface area (Å²) >= 11 is 2.01. The molecule has 1 heterocycles. The highest BCUT2D eigenvalue weighted by atomic mass is 32.2. The number of amides is 3. The van der Waals surface area contributed by atoms with Gasteiger partial charge < -0.3 is 5.32 Å². The first-order chi connectivity index (χ1) is 15.4. The van der Waals surface area contributed by atoms with Gasteiger partial charge in [0, 0.05) is 33.4 Å². The molecule has 0 aromatic heterocycles. The molecule has 1 atom stereocenters. The maximum Gasteiger partial charge on any atom is 0.233 e. The lowest BCUT2D eigenvalue weighted by Crippen LogP contribution is -2.46. The standard InChI is InChI=1S/C12H21NO2.C10H21NO.C8H18S/c1-11(2,3)8-7-9(14)13(10(8)15)12(4,5)6;1-9(2,3)7-8(12)11-10(4,5)6;1-7(2,3)9-8(4,5)6/h8H,7H2,1-6H3;7H2,1-6H3,(H,11,12);1-6H3. The highest BCUT2D eigenvalue weighted by molar-refractivity contribution is 8.01. The molecule has 1 unspecified atom stereocenters. The molecule has 1 aliphatic rings. The van der Waals surface area contributed by atoms with Crippen LogP contribution >= 0.6 is 11.8 Å². The number of carbonyl (C=O) groups excluding carboxylic acids is 3. The topological polar surface area (TPSA) is 66.5 Å². The molecule has 1 aliphatic heterocycles.